The quantitative estimate of drug-likeness (QED) is 0.419. The molecule has 1 N–H and O–H groups in total. The molecule has 0 fully saturated rings. The lowest BCUT2D eigenvalue weighted by Crippen LogP contribution is -2.35. The number of rotatable bonds is 7. The second-order valence-corrected chi connectivity index (χ2v) is 10.0. The van der Waals surface area contributed by atoms with Crippen LogP contribution in [0, 0.1) is 0 Å². The van der Waals surface area contributed by atoms with Crippen LogP contribution in [-0.2, 0) is 14.8 Å². The van der Waals surface area contributed by atoms with Crippen molar-refractivity contribution < 1.29 is 18.0 Å². The Labute approximate surface area is 204 Å². The minimum absolute atomic E-state index is 0.0664. The van der Waals surface area contributed by atoms with Crippen molar-refractivity contribution in [1.29, 1.82) is 0 Å². The van der Waals surface area contributed by atoms with E-state index in [1.54, 1.807) is 24.3 Å². The van der Waals surface area contributed by atoms with E-state index in [-0.39, 0.29) is 22.9 Å². The Kier molecular flexibility index (Phi) is 6.84. The summed E-state index contributed by atoms with van der Waals surface area (Å²) in [4.78, 5) is 26.8. The smallest absolute Gasteiger partial charge is 0.264 e. The van der Waals surface area contributed by atoms with Gasteiger partial charge in [-0.05, 0) is 47.9 Å². The maximum atomic E-state index is 12.9. The summed E-state index contributed by atoms with van der Waals surface area (Å²) in [6.45, 7) is -0.154. The lowest BCUT2D eigenvalue weighted by Gasteiger charge is -2.20. The maximum Gasteiger partial charge on any atom is 0.264 e. The average Bonchev–Trinajstić information content (AvgIpc) is 2.88. The van der Waals surface area contributed by atoms with Crippen LogP contribution in [0.2, 0.25) is 0 Å². The molecule has 0 unspecified atom stereocenters. The zero-order chi connectivity index (χ0) is 25.0. The Hall–Kier alpha value is -4.17. The van der Waals surface area contributed by atoms with Crippen molar-refractivity contribution >= 4 is 44.0 Å². The van der Waals surface area contributed by atoms with Crippen molar-refractivity contribution in [2.45, 2.75) is 4.90 Å². The molecule has 8 heteroatoms. The number of anilines is 2. The molecule has 0 aromatic heterocycles. The number of fused-ring (bicyclic) bond motifs is 1. The van der Waals surface area contributed by atoms with Crippen LogP contribution in [0.15, 0.2) is 102 Å². The Morgan fingerprint density at radius 1 is 0.771 bits per heavy atom. The van der Waals surface area contributed by atoms with Crippen molar-refractivity contribution in [2.24, 2.45) is 0 Å². The zero-order valence-electron chi connectivity index (χ0n) is 19.4. The van der Waals surface area contributed by atoms with Crippen LogP contribution in [0.4, 0.5) is 11.4 Å². The van der Waals surface area contributed by atoms with Gasteiger partial charge in [-0.15, -0.1) is 0 Å². The number of nitrogens with one attached hydrogen (secondary N) is 1. The average molecular weight is 488 g/mol. The standard InChI is InChI=1S/C27H25N3O4S/c1-29(19-26(31)28-25-14-8-10-20-9-6-7-13-24(20)25)27(32)21-15-17-23(18-16-21)35(33,34)30(2)22-11-4-3-5-12-22/h3-18H,19H2,1-2H3,(H,28,31). The summed E-state index contributed by atoms with van der Waals surface area (Å²) in [5.74, 6) is -0.723. The Morgan fingerprint density at radius 2 is 1.40 bits per heavy atom. The number of benzene rings is 4. The molecule has 35 heavy (non-hydrogen) atoms. The predicted octanol–water partition coefficient (Wildman–Crippen LogP) is 4.38. The number of sulfonamides is 1. The van der Waals surface area contributed by atoms with E-state index in [4.69, 9.17) is 0 Å². The molecule has 0 bridgehead atoms. The monoisotopic (exact) mass is 487 g/mol. The van der Waals surface area contributed by atoms with Gasteiger partial charge in [-0.1, -0.05) is 54.6 Å². The van der Waals surface area contributed by atoms with Crippen molar-refractivity contribution in [2.75, 3.05) is 30.3 Å². The summed E-state index contributed by atoms with van der Waals surface area (Å²) in [5, 5.41) is 4.78. The molecule has 0 radical (unpaired) electrons. The normalized spacial score (nSPS) is 11.1. The minimum Gasteiger partial charge on any atom is -0.332 e. The van der Waals surface area contributed by atoms with Crippen LogP contribution in [0.5, 0.6) is 0 Å². The highest BCUT2D eigenvalue weighted by molar-refractivity contribution is 7.92. The van der Waals surface area contributed by atoms with Gasteiger partial charge < -0.3 is 10.2 Å². The first-order chi connectivity index (χ1) is 16.8. The van der Waals surface area contributed by atoms with Gasteiger partial charge in [0.15, 0.2) is 0 Å². The number of carbonyl (C=O) groups excluding carboxylic acids is 2. The van der Waals surface area contributed by atoms with Crippen LogP contribution in [0.25, 0.3) is 10.8 Å². The summed E-state index contributed by atoms with van der Waals surface area (Å²) in [6.07, 6.45) is 0. The third kappa shape index (κ3) is 5.17. The number of carbonyl (C=O) groups is 2. The van der Waals surface area contributed by atoms with Gasteiger partial charge >= 0.3 is 0 Å². The SMILES string of the molecule is CN(CC(=O)Nc1cccc2ccccc12)C(=O)c1ccc(S(=O)(=O)N(C)c2ccccc2)cc1. The summed E-state index contributed by atoms with van der Waals surface area (Å²) < 4.78 is 27.1. The van der Waals surface area contributed by atoms with Crippen molar-refractivity contribution in [3.63, 3.8) is 0 Å². The molecule has 4 rings (SSSR count). The van der Waals surface area contributed by atoms with Gasteiger partial charge in [0.1, 0.15) is 0 Å². The molecule has 4 aromatic carbocycles. The van der Waals surface area contributed by atoms with Gasteiger partial charge in [-0.2, -0.15) is 0 Å². The molecular formula is C27H25N3O4S. The number of likely N-dealkylation sites (N-methyl/N-ethyl adjacent to an activating group) is 1. The highest BCUT2D eigenvalue weighted by Crippen LogP contribution is 2.24. The number of amides is 2. The fourth-order valence-electron chi connectivity index (χ4n) is 3.74. The Morgan fingerprint density at radius 3 is 2.11 bits per heavy atom. The fourth-order valence-corrected chi connectivity index (χ4v) is 4.93. The third-order valence-corrected chi connectivity index (χ3v) is 7.47. The van der Waals surface area contributed by atoms with Gasteiger partial charge in [0.25, 0.3) is 15.9 Å². The molecule has 0 spiro atoms. The predicted molar refractivity (Wildman–Crippen MR) is 138 cm³/mol. The van der Waals surface area contributed by atoms with E-state index >= 15 is 0 Å². The molecular weight excluding hydrogens is 462 g/mol. The molecule has 0 aliphatic heterocycles. The lowest BCUT2D eigenvalue weighted by molar-refractivity contribution is -0.116. The van der Waals surface area contributed by atoms with E-state index in [0.717, 1.165) is 10.8 Å². The highest BCUT2D eigenvalue weighted by Gasteiger charge is 2.22. The van der Waals surface area contributed by atoms with E-state index in [2.05, 4.69) is 5.32 Å². The Bertz CT molecular complexity index is 1460. The molecule has 0 aliphatic carbocycles. The molecule has 7 nitrogen and oxygen atoms in total. The highest BCUT2D eigenvalue weighted by atomic mass is 32.2. The summed E-state index contributed by atoms with van der Waals surface area (Å²) in [7, 11) is -0.777. The first kappa shape index (κ1) is 24.0. The summed E-state index contributed by atoms with van der Waals surface area (Å²) in [5.41, 5.74) is 1.49. The van der Waals surface area contributed by atoms with Gasteiger partial charge in [0.05, 0.1) is 17.1 Å². The van der Waals surface area contributed by atoms with Crippen LogP contribution in [0.1, 0.15) is 10.4 Å². The summed E-state index contributed by atoms with van der Waals surface area (Å²) >= 11 is 0. The van der Waals surface area contributed by atoms with E-state index in [9.17, 15) is 18.0 Å². The lowest BCUT2D eigenvalue weighted by atomic mass is 10.1. The van der Waals surface area contributed by atoms with Crippen LogP contribution >= 0.6 is 0 Å². The van der Waals surface area contributed by atoms with E-state index in [1.165, 1.54) is 47.6 Å². The van der Waals surface area contributed by atoms with Crippen LogP contribution in [-0.4, -0.2) is 45.8 Å². The molecule has 4 aromatic rings. The second kappa shape index (κ2) is 9.99. The molecule has 2 amide bonds. The van der Waals surface area contributed by atoms with E-state index < -0.39 is 15.9 Å². The van der Waals surface area contributed by atoms with Crippen molar-refractivity contribution in [1.82, 2.24) is 4.90 Å². The first-order valence-electron chi connectivity index (χ1n) is 10.9. The zero-order valence-corrected chi connectivity index (χ0v) is 20.2. The number of para-hydroxylation sites is 1. The van der Waals surface area contributed by atoms with Gasteiger partial charge in [-0.3, -0.25) is 13.9 Å². The molecule has 178 valence electrons. The van der Waals surface area contributed by atoms with Gasteiger partial charge in [0.2, 0.25) is 5.91 Å². The molecule has 0 heterocycles. The van der Waals surface area contributed by atoms with E-state index in [0.29, 0.717) is 11.4 Å². The Balaban J connectivity index is 1.43. The first-order valence-corrected chi connectivity index (χ1v) is 12.4. The van der Waals surface area contributed by atoms with Crippen molar-refractivity contribution in [3.05, 3.63) is 103 Å². The molecule has 0 saturated heterocycles. The summed E-state index contributed by atoms with van der Waals surface area (Å²) in [6, 6.07) is 27.8. The molecule has 0 saturated carbocycles. The minimum atomic E-state index is -3.78. The second-order valence-electron chi connectivity index (χ2n) is 8.07. The number of hydrogen-bond donors (Lipinski definition) is 1. The van der Waals surface area contributed by atoms with Crippen LogP contribution < -0.4 is 9.62 Å². The number of hydrogen-bond acceptors (Lipinski definition) is 4. The maximum absolute atomic E-state index is 12.9. The van der Waals surface area contributed by atoms with Crippen LogP contribution in [0.3, 0.4) is 0 Å². The van der Waals surface area contributed by atoms with E-state index in [1.807, 2.05) is 48.5 Å². The molecule has 0 aliphatic rings. The van der Waals surface area contributed by atoms with Gasteiger partial charge in [-0.25, -0.2) is 8.42 Å². The van der Waals surface area contributed by atoms with Gasteiger partial charge in [0, 0.05) is 30.7 Å². The molecule has 0 atom stereocenters. The largest absolute Gasteiger partial charge is 0.332 e. The topological polar surface area (TPSA) is 86.8 Å². The van der Waals surface area contributed by atoms with Crippen molar-refractivity contribution in [3.8, 4) is 0 Å². The third-order valence-electron chi connectivity index (χ3n) is 5.67. The number of nitrogens with zero attached hydrogens (tertiary/aromatic N) is 2. The fraction of sp³-hybridized carbons (Fsp3) is 0.111.